The molecule has 0 fully saturated rings. The van der Waals surface area contributed by atoms with Crippen LogP contribution in [-0.4, -0.2) is 24.5 Å². The molecular weight excluding hydrogens is 98.1 g/mol. The molecule has 0 aliphatic heterocycles. The Morgan fingerprint density at radius 2 is 1.12 bits per heavy atom. The molecule has 0 bridgehead atoms. The summed E-state index contributed by atoms with van der Waals surface area (Å²) in [6.07, 6.45) is 0. The summed E-state index contributed by atoms with van der Waals surface area (Å²) in [5, 5.41) is 0. The average Bonchev–Trinajstić information content (AvgIpc) is 1.72. The van der Waals surface area contributed by atoms with Crippen LogP contribution in [0, 0.1) is 0 Å². The average molecular weight is 117 g/mol. The smallest absolute Gasteiger partial charge is 0.00474 e. The molecule has 0 unspecified atom stereocenters. The molecule has 0 saturated heterocycles. The van der Waals surface area contributed by atoms with Gasteiger partial charge in [0, 0.05) is 0 Å². The second-order valence-corrected chi connectivity index (χ2v) is 1.62. The van der Waals surface area contributed by atoms with Gasteiger partial charge in [0.2, 0.25) is 0 Å². The van der Waals surface area contributed by atoms with E-state index in [0.29, 0.717) is 0 Å². The molecule has 0 heterocycles. The molecule has 0 aliphatic rings. The van der Waals surface area contributed by atoms with E-state index in [1.165, 1.54) is 19.6 Å². The van der Waals surface area contributed by atoms with Crippen molar-refractivity contribution in [2.45, 2.75) is 28.2 Å². The Morgan fingerprint density at radius 3 is 1.12 bits per heavy atom. The van der Waals surface area contributed by atoms with Gasteiger partial charge in [-0.2, -0.15) is 0 Å². The number of hydrogen-bond acceptors (Lipinski definition) is 1. The standard InChI is InChI=1S/C6H15N.CH4/c1-4-7(5-2)6-3;/h4-6H2,1-3H3;1H4. The normalized spacial score (nSPS) is 9.00. The monoisotopic (exact) mass is 117 g/mol. The molecule has 0 aromatic rings. The van der Waals surface area contributed by atoms with Crippen LogP contribution < -0.4 is 0 Å². The third-order valence-corrected chi connectivity index (χ3v) is 1.34. The van der Waals surface area contributed by atoms with Crippen molar-refractivity contribution in [2.75, 3.05) is 19.6 Å². The van der Waals surface area contributed by atoms with Crippen molar-refractivity contribution in [1.82, 2.24) is 4.90 Å². The molecule has 0 radical (unpaired) electrons. The Bertz CT molecular complexity index is 25.9. The Balaban J connectivity index is 0. The molecule has 0 saturated carbocycles. The van der Waals surface area contributed by atoms with Crippen molar-refractivity contribution < 1.29 is 0 Å². The lowest BCUT2D eigenvalue weighted by atomic mass is 10.5. The highest BCUT2D eigenvalue weighted by atomic mass is 15.1. The van der Waals surface area contributed by atoms with Crippen LogP contribution >= 0.6 is 0 Å². The third kappa shape index (κ3) is 4.13. The lowest BCUT2D eigenvalue weighted by Crippen LogP contribution is -2.21. The maximum atomic E-state index is 2.38. The first kappa shape index (κ1) is 10.9. The fourth-order valence-corrected chi connectivity index (χ4v) is 0.671. The SMILES string of the molecule is C.CCN(CC)CC. The molecule has 0 amide bonds. The first-order valence-corrected chi connectivity index (χ1v) is 3.07. The number of hydrogen-bond donors (Lipinski definition) is 0. The predicted octanol–water partition coefficient (Wildman–Crippen LogP) is 1.98. The molecule has 0 atom stereocenters. The summed E-state index contributed by atoms with van der Waals surface area (Å²) in [5.74, 6) is 0. The molecule has 8 heavy (non-hydrogen) atoms. The van der Waals surface area contributed by atoms with E-state index >= 15 is 0 Å². The van der Waals surface area contributed by atoms with Crippen LogP contribution in [0.4, 0.5) is 0 Å². The second-order valence-electron chi connectivity index (χ2n) is 1.62. The molecule has 1 heteroatoms. The molecular formula is C7H19N. The van der Waals surface area contributed by atoms with Gasteiger partial charge >= 0.3 is 0 Å². The van der Waals surface area contributed by atoms with E-state index in [-0.39, 0.29) is 7.43 Å². The summed E-state index contributed by atoms with van der Waals surface area (Å²) in [7, 11) is 0. The van der Waals surface area contributed by atoms with E-state index < -0.39 is 0 Å². The van der Waals surface area contributed by atoms with E-state index in [0.717, 1.165) is 0 Å². The van der Waals surface area contributed by atoms with E-state index in [9.17, 15) is 0 Å². The predicted molar refractivity (Wildman–Crippen MR) is 40.2 cm³/mol. The quantitative estimate of drug-likeness (QED) is 0.546. The van der Waals surface area contributed by atoms with Crippen molar-refractivity contribution in [3.05, 3.63) is 0 Å². The maximum Gasteiger partial charge on any atom is -0.00474 e. The zero-order valence-corrected chi connectivity index (χ0v) is 5.57. The van der Waals surface area contributed by atoms with Crippen molar-refractivity contribution in [3.63, 3.8) is 0 Å². The maximum absolute atomic E-state index is 2.38. The fourth-order valence-electron chi connectivity index (χ4n) is 0.671. The van der Waals surface area contributed by atoms with Crippen LogP contribution in [0.2, 0.25) is 0 Å². The Morgan fingerprint density at radius 1 is 0.875 bits per heavy atom. The summed E-state index contributed by atoms with van der Waals surface area (Å²) in [4.78, 5) is 2.38. The summed E-state index contributed by atoms with van der Waals surface area (Å²) in [6.45, 7) is 10.1. The highest BCUT2D eigenvalue weighted by Crippen LogP contribution is 1.81. The van der Waals surface area contributed by atoms with Crippen molar-refractivity contribution in [2.24, 2.45) is 0 Å². The fraction of sp³-hybridized carbons (Fsp3) is 1.00. The van der Waals surface area contributed by atoms with Crippen LogP contribution in [0.15, 0.2) is 0 Å². The Kier molecular flexibility index (Phi) is 9.44. The Hall–Kier alpha value is -0.0400. The summed E-state index contributed by atoms with van der Waals surface area (Å²) >= 11 is 0. The van der Waals surface area contributed by atoms with Gasteiger partial charge in [0.1, 0.15) is 0 Å². The largest absolute Gasteiger partial charge is 0.304 e. The highest BCUT2D eigenvalue weighted by molar-refractivity contribution is 4.43. The van der Waals surface area contributed by atoms with Gasteiger partial charge in [0.25, 0.3) is 0 Å². The zero-order chi connectivity index (χ0) is 5.70. The van der Waals surface area contributed by atoms with E-state index in [1.807, 2.05) is 0 Å². The van der Waals surface area contributed by atoms with Gasteiger partial charge in [0.05, 0.1) is 0 Å². The minimum atomic E-state index is 0. The third-order valence-electron chi connectivity index (χ3n) is 1.34. The molecule has 52 valence electrons. The minimum Gasteiger partial charge on any atom is -0.304 e. The van der Waals surface area contributed by atoms with Crippen LogP contribution in [0.1, 0.15) is 28.2 Å². The van der Waals surface area contributed by atoms with Gasteiger partial charge in [-0.1, -0.05) is 28.2 Å². The molecule has 0 N–H and O–H groups in total. The van der Waals surface area contributed by atoms with Gasteiger partial charge in [0.15, 0.2) is 0 Å². The van der Waals surface area contributed by atoms with Crippen LogP contribution in [0.5, 0.6) is 0 Å². The minimum absolute atomic E-state index is 0. The highest BCUT2D eigenvalue weighted by Gasteiger charge is 1.89. The van der Waals surface area contributed by atoms with E-state index in [2.05, 4.69) is 25.7 Å². The number of nitrogens with zero attached hydrogens (tertiary/aromatic N) is 1. The van der Waals surface area contributed by atoms with Crippen LogP contribution in [0.3, 0.4) is 0 Å². The van der Waals surface area contributed by atoms with Crippen LogP contribution in [0.25, 0.3) is 0 Å². The van der Waals surface area contributed by atoms with Crippen molar-refractivity contribution in [3.8, 4) is 0 Å². The summed E-state index contributed by atoms with van der Waals surface area (Å²) in [6, 6.07) is 0. The summed E-state index contributed by atoms with van der Waals surface area (Å²) < 4.78 is 0. The van der Waals surface area contributed by atoms with Crippen LogP contribution in [-0.2, 0) is 0 Å². The van der Waals surface area contributed by atoms with Crippen molar-refractivity contribution in [1.29, 1.82) is 0 Å². The van der Waals surface area contributed by atoms with Gasteiger partial charge < -0.3 is 4.90 Å². The second kappa shape index (κ2) is 6.96. The lowest BCUT2D eigenvalue weighted by Gasteiger charge is -2.13. The Labute approximate surface area is 53.7 Å². The topological polar surface area (TPSA) is 3.24 Å². The lowest BCUT2D eigenvalue weighted by molar-refractivity contribution is 0.321. The molecule has 0 aliphatic carbocycles. The van der Waals surface area contributed by atoms with E-state index in [4.69, 9.17) is 0 Å². The van der Waals surface area contributed by atoms with Gasteiger partial charge in [-0.3, -0.25) is 0 Å². The zero-order valence-electron chi connectivity index (χ0n) is 5.57. The number of rotatable bonds is 3. The first-order chi connectivity index (χ1) is 3.35. The molecule has 0 spiro atoms. The molecule has 0 aromatic carbocycles. The van der Waals surface area contributed by atoms with Gasteiger partial charge in [-0.25, -0.2) is 0 Å². The molecule has 0 aromatic heterocycles. The van der Waals surface area contributed by atoms with Crippen molar-refractivity contribution >= 4 is 0 Å². The molecule has 0 rings (SSSR count). The first-order valence-electron chi connectivity index (χ1n) is 3.07. The van der Waals surface area contributed by atoms with E-state index in [1.54, 1.807) is 0 Å². The van der Waals surface area contributed by atoms with Gasteiger partial charge in [-0.05, 0) is 19.6 Å². The molecule has 1 nitrogen and oxygen atoms in total. The summed E-state index contributed by atoms with van der Waals surface area (Å²) in [5.41, 5.74) is 0. The van der Waals surface area contributed by atoms with Gasteiger partial charge in [-0.15, -0.1) is 0 Å².